The fourth-order valence-corrected chi connectivity index (χ4v) is 6.64. The van der Waals surface area contributed by atoms with E-state index in [0.717, 1.165) is 29.8 Å². The monoisotopic (exact) mass is 557 g/mol. The topological polar surface area (TPSA) is 73.2 Å². The van der Waals surface area contributed by atoms with Crippen LogP contribution in [0.3, 0.4) is 0 Å². The summed E-state index contributed by atoms with van der Waals surface area (Å²) in [5.41, 5.74) is 3.93. The van der Waals surface area contributed by atoms with E-state index in [-0.39, 0.29) is 35.3 Å². The maximum absolute atomic E-state index is 15.6. The van der Waals surface area contributed by atoms with Crippen LogP contribution in [0.5, 0.6) is 0 Å². The number of benzene rings is 3. The minimum Gasteiger partial charge on any atom is -0.478 e. The van der Waals surface area contributed by atoms with E-state index >= 15 is 4.39 Å². The number of carboxylic acid groups (broad SMARTS) is 1. The van der Waals surface area contributed by atoms with Gasteiger partial charge in [-0.3, -0.25) is 9.69 Å². The number of halogens is 1. The highest BCUT2D eigenvalue weighted by Gasteiger charge is 2.37. The fraction of sp³-hybridized carbons (Fsp3) is 0.281. The molecule has 2 aliphatic rings. The molecule has 1 amide bonds. The summed E-state index contributed by atoms with van der Waals surface area (Å²) >= 11 is 1.21. The van der Waals surface area contributed by atoms with Gasteiger partial charge in [0, 0.05) is 23.3 Å². The van der Waals surface area contributed by atoms with Crippen LogP contribution in [0.1, 0.15) is 67.1 Å². The quantitative estimate of drug-likeness (QED) is 0.319. The number of amides is 1. The summed E-state index contributed by atoms with van der Waals surface area (Å²) in [7, 11) is 0. The van der Waals surface area contributed by atoms with Crippen LogP contribution < -0.4 is 4.90 Å². The van der Waals surface area contributed by atoms with Crippen LogP contribution in [0.4, 0.5) is 15.8 Å². The largest absolute Gasteiger partial charge is 0.478 e. The molecule has 0 radical (unpaired) electrons. The van der Waals surface area contributed by atoms with E-state index in [0.29, 0.717) is 21.3 Å². The summed E-state index contributed by atoms with van der Waals surface area (Å²) in [5.74, 6) is -1.41. The number of amidine groups is 1. The van der Waals surface area contributed by atoms with Crippen LogP contribution in [0, 0.1) is 5.82 Å². The number of para-hydroxylation sites is 1. The van der Waals surface area contributed by atoms with Crippen LogP contribution in [-0.4, -0.2) is 39.1 Å². The number of aromatic carboxylic acids is 1. The van der Waals surface area contributed by atoms with Gasteiger partial charge < -0.3 is 10.0 Å². The number of aliphatic imine (C=N–C) groups is 1. The van der Waals surface area contributed by atoms with Crippen molar-refractivity contribution < 1.29 is 19.1 Å². The lowest BCUT2D eigenvalue weighted by Crippen LogP contribution is -2.48. The first-order chi connectivity index (χ1) is 19.1. The molecule has 6 nitrogen and oxygen atoms in total. The van der Waals surface area contributed by atoms with Crippen LogP contribution in [-0.2, 0) is 11.3 Å². The van der Waals surface area contributed by atoms with E-state index in [1.807, 2.05) is 36.4 Å². The van der Waals surface area contributed by atoms with Gasteiger partial charge in [-0.25, -0.2) is 14.2 Å². The van der Waals surface area contributed by atoms with Crippen LogP contribution in [0.15, 0.2) is 76.6 Å². The molecule has 1 saturated heterocycles. The molecule has 0 spiro atoms. The van der Waals surface area contributed by atoms with Crippen molar-refractivity contribution in [1.82, 2.24) is 4.90 Å². The molecule has 1 unspecified atom stereocenters. The second-order valence-electron chi connectivity index (χ2n) is 10.8. The number of fused-ring (bicyclic) bond motifs is 1. The SMILES string of the molecule is CCN1c2cc(F)c(/C=C3/SC(=Nc4ccccc4)N(Cc4ccc(C(=O)O)cc4)C3=O)cc2C(C)CC1(C)C. The lowest BCUT2D eigenvalue weighted by molar-refractivity contribution is -0.122. The number of hydrogen-bond donors (Lipinski definition) is 1. The van der Waals surface area contributed by atoms with Gasteiger partial charge in [-0.1, -0.05) is 37.3 Å². The Hall–Kier alpha value is -3.91. The average molecular weight is 558 g/mol. The van der Waals surface area contributed by atoms with Gasteiger partial charge in [-0.15, -0.1) is 0 Å². The summed E-state index contributed by atoms with van der Waals surface area (Å²) in [6, 6.07) is 19.2. The first kappa shape index (κ1) is 27.6. The van der Waals surface area contributed by atoms with E-state index in [4.69, 9.17) is 4.99 Å². The van der Waals surface area contributed by atoms with E-state index in [1.54, 1.807) is 29.2 Å². The summed E-state index contributed by atoms with van der Waals surface area (Å²) in [5, 5.41) is 9.70. The second-order valence-corrected chi connectivity index (χ2v) is 11.8. The summed E-state index contributed by atoms with van der Waals surface area (Å²) in [4.78, 5) is 33.8. The highest BCUT2D eigenvalue weighted by atomic mass is 32.2. The molecule has 2 aliphatic heterocycles. The molecular weight excluding hydrogens is 525 g/mol. The van der Waals surface area contributed by atoms with Gasteiger partial charge in [0.05, 0.1) is 22.7 Å². The van der Waals surface area contributed by atoms with Crippen molar-refractivity contribution in [2.75, 3.05) is 11.4 Å². The predicted molar refractivity (Wildman–Crippen MR) is 160 cm³/mol. The number of anilines is 1. The highest BCUT2D eigenvalue weighted by Crippen LogP contribution is 2.45. The Morgan fingerprint density at radius 1 is 1.15 bits per heavy atom. The Kier molecular flexibility index (Phi) is 7.55. The molecule has 0 bridgehead atoms. The van der Waals surface area contributed by atoms with Gasteiger partial charge in [-0.05, 0) is 98.5 Å². The second kappa shape index (κ2) is 10.9. The number of thioether (sulfide) groups is 1. The maximum atomic E-state index is 15.6. The average Bonchev–Trinajstić information content (AvgIpc) is 3.19. The summed E-state index contributed by atoms with van der Waals surface area (Å²) in [6.45, 7) is 9.62. The Morgan fingerprint density at radius 2 is 1.85 bits per heavy atom. The molecule has 3 aromatic carbocycles. The normalized spacial score (nSPS) is 20.3. The molecule has 0 aliphatic carbocycles. The Balaban J connectivity index is 1.52. The van der Waals surface area contributed by atoms with E-state index in [2.05, 4.69) is 32.6 Å². The van der Waals surface area contributed by atoms with Crippen molar-refractivity contribution in [1.29, 1.82) is 0 Å². The number of hydrogen-bond acceptors (Lipinski definition) is 5. The summed E-state index contributed by atoms with van der Waals surface area (Å²) in [6.07, 6.45) is 2.57. The fourth-order valence-electron chi connectivity index (χ4n) is 5.65. The van der Waals surface area contributed by atoms with Crippen molar-refractivity contribution in [2.45, 2.75) is 52.1 Å². The van der Waals surface area contributed by atoms with Gasteiger partial charge in [-0.2, -0.15) is 0 Å². The van der Waals surface area contributed by atoms with Crippen molar-refractivity contribution in [3.05, 3.63) is 99.7 Å². The van der Waals surface area contributed by atoms with Gasteiger partial charge in [0.2, 0.25) is 0 Å². The van der Waals surface area contributed by atoms with Crippen molar-refractivity contribution >= 4 is 46.3 Å². The first-order valence-corrected chi connectivity index (χ1v) is 14.2. The van der Waals surface area contributed by atoms with E-state index < -0.39 is 5.97 Å². The van der Waals surface area contributed by atoms with E-state index in [1.165, 1.54) is 23.9 Å². The molecule has 1 N–H and O–H groups in total. The number of rotatable bonds is 6. The van der Waals surface area contributed by atoms with Gasteiger partial charge in [0.1, 0.15) is 5.82 Å². The zero-order valence-electron chi connectivity index (χ0n) is 23.0. The van der Waals surface area contributed by atoms with E-state index in [9.17, 15) is 14.7 Å². The standard InChI is InChI=1S/C32H32FN3O3S/c1-5-36-27-17-26(33)23(15-25(27)20(2)18-32(36,3)4)16-28-29(37)35(19-21-11-13-22(14-12-21)30(38)39)31(40-28)34-24-9-7-6-8-10-24/h6-17,20H,5,18-19H2,1-4H3,(H,38,39)/b28-16+,34-31?. The highest BCUT2D eigenvalue weighted by molar-refractivity contribution is 8.18. The molecule has 3 aromatic rings. The Labute approximate surface area is 238 Å². The van der Waals surface area contributed by atoms with Crippen molar-refractivity contribution in [3.8, 4) is 0 Å². The molecule has 5 rings (SSSR count). The van der Waals surface area contributed by atoms with Gasteiger partial charge >= 0.3 is 5.97 Å². The van der Waals surface area contributed by atoms with Gasteiger partial charge in [0.15, 0.2) is 5.17 Å². The third-order valence-electron chi connectivity index (χ3n) is 7.52. The molecule has 8 heteroatoms. The number of carbonyl (C=O) groups excluding carboxylic acids is 1. The van der Waals surface area contributed by atoms with Gasteiger partial charge in [0.25, 0.3) is 5.91 Å². The maximum Gasteiger partial charge on any atom is 0.335 e. The zero-order valence-corrected chi connectivity index (χ0v) is 23.8. The number of nitrogens with zero attached hydrogens (tertiary/aromatic N) is 3. The molecule has 1 atom stereocenters. The van der Waals surface area contributed by atoms with Crippen LogP contribution in [0.2, 0.25) is 0 Å². The molecule has 0 aromatic heterocycles. The minimum atomic E-state index is -1.01. The first-order valence-electron chi connectivity index (χ1n) is 13.4. The molecule has 1 fully saturated rings. The lowest BCUT2D eigenvalue weighted by atomic mass is 9.79. The van der Waals surface area contributed by atoms with Crippen molar-refractivity contribution in [3.63, 3.8) is 0 Å². The third kappa shape index (κ3) is 5.41. The Morgan fingerprint density at radius 3 is 2.50 bits per heavy atom. The Bertz CT molecular complexity index is 1520. The lowest BCUT2D eigenvalue weighted by Gasteiger charge is -2.47. The van der Waals surface area contributed by atoms with Crippen LogP contribution in [0.25, 0.3) is 6.08 Å². The minimum absolute atomic E-state index is 0.0726. The van der Waals surface area contributed by atoms with Crippen LogP contribution >= 0.6 is 11.8 Å². The molecule has 206 valence electrons. The molecule has 40 heavy (non-hydrogen) atoms. The molecule has 0 saturated carbocycles. The smallest absolute Gasteiger partial charge is 0.335 e. The molecule has 2 heterocycles. The number of carboxylic acids is 1. The summed E-state index contributed by atoms with van der Waals surface area (Å²) < 4.78 is 15.6. The van der Waals surface area contributed by atoms with Crippen molar-refractivity contribution in [2.24, 2.45) is 4.99 Å². The predicted octanol–water partition coefficient (Wildman–Crippen LogP) is 7.44. The third-order valence-corrected chi connectivity index (χ3v) is 8.52. The zero-order chi connectivity index (χ0) is 28.6. The number of carbonyl (C=O) groups is 2. The molecular formula is C32H32FN3O3S.